The molecule has 102 valence electrons. The average Bonchev–Trinajstić information content (AvgIpc) is 3.30. The van der Waals surface area contributed by atoms with E-state index < -0.39 is 0 Å². The van der Waals surface area contributed by atoms with Crippen LogP contribution in [0.15, 0.2) is 29.2 Å². The van der Waals surface area contributed by atoms with E-state index in [0.717, 1.165) is 12.8 Å². The number of nitrogens with zero attached hydrogens (tertiary/aromatic N) is 3. The summed E-state index contributed by atoms with van der Waals surface area (Å²) in [6.45, 7) is 0.250. The molecule has 0 saturated heterocycles. The molecule has 1 amide bonds. The first kappa shape index (κ1) is 12.5. The normalized spacial score (nSPS) is 14.0. The van der Waals surface area contributed by atoms with Gasteiger partial charge < -0.3 is 10.3 Å². The second-order valence-electron chi connectivity index (χ2n) is 4.69. The van der Waals surface area contributed by atoms with Gasteiger partial charge in [-0.15, -0.1) is 0 Å². The van der Waals surface area contributed by atoms with Crippen molar-refractivity contribution in [2.45, 2.75) is 25.3 Å². The quantitative estimate of drug-likeness (QED) is 0.836. The number of carbonyl (C=O) groups is 1. The molecular formula is C13H13N5O2. The maximum atomic E-state index is 12.0. The third-order valence-corrected chi connectivity index (χ3v) is 3.01. The van der Waals surface area contributed by atoms with Crippen molar-refractivity contribution in [2.24, 2.45) is 0 Å². The summed E-state index contributed by atoms with van der Waals surface area (Å²) >= 11 is 0. The van der Waals surface area contributed by atoms with Crippen LogP contribution >= 0.6 is 0 Å². The van der Waals surface area contributed by atoms with Gasteiger partial charge in [-0.25, -0.2) is 4.98 Å². The van der Waals surface area contributed by atoms with Gasteiger partial charge in [0.15, 0.2) is 0 Å². The van der Waals surface area contributed by atoms with Crippen LogP contribution in [0.3, 0.4) is 0 Å². The van der Waals surface area contributed by atoms with Crippen LogP contribution in [-0.4, -0.2) is 26.1 Å². The third kappa shape index (κ3) is 2.87. The molecule has 0 atom stereocenters. The lowest BCUT2D eigenvalue weighted by molar-refractivity contribution is 0.0944. The van der Waals surface area contributed by atoms with Crippen LogP contribution in [0.4, 0.5) is 0 Å². The molecule has 0 unspecified atom stereocenters. The first-order valence-corrected chi connectivity index (χ1v) is 6.38. The number of nitrogens with one attached hydrogen (secondary N) is 2. The highest BCUT2D eigenvalue weighted by Gasteiger charge is 2.27. The standard InChI is InChI=1S/C13H13N5O2/c19-11-6-10(16-12(17-11)8-3-4-8)13(20)14-7-9-2-1-5-15-18-9/h1-2,5-6,8H,3-4,7H2,(H,14,20)(H,16,17,19). The zero-order valence-electron chi connectivity index (χ0n) is 10.7. The molecule has 3 rings (SSSR count). The van der Waals surface area contributed by atoms with Crippen molar-refractivity contribution in [1.29, 1.82) is 0 Å². The summed E-state index contributed by atoms with van der Waals surface area (Å²) in [6.07, 6.45) is 3.58. The average molecular weight is 271 g/mol. The Balaban J connectivity index is 1.72. The van der Waals surface area contributed by atoms with E-state index in [0.29, 0.717) is 11.5 Å². The maximum Gasteiger partial charge on any atom is 0.270 e. The molecule has 1 fully saturated rings. The SMILES string of the molecule is O=C(NCc1cccnn1)c1cc(=O)[nH]c(C2CC2)n1. The molecule has 0 aliphatic heterocycles. The van der Waals surface area contributed by atoms with Crippen LogP contribution in [0.1, 0.15) is 40.8 Å². The van der Waals surface area contributed by atoms with Gasteiger partial charge in [-0.1, -0.05) is 0 Å². The molecule has 7 nitrogen and oxygen atoms in total. The highest BCUT2D eigenvalue weighted by Crippen LogP contribution is 2.37. The summed E-state index contributed by atoms with van der Waals surface area (Å²) in [5, 5.41) is 10.3. The van der Waals surface area contributed by atoms with Crippen LogP contribution in [0.25, 0.3) is 0 Å². The Labute approximate surface area is 114 Å². The minimum Gasteiger partial charge on any atom is -0.345 e. The molecule has 20 heavy (non-hydrogen) atoms. The molecule has 2 aromatic rings. The summed E-state index contributed by atoms with van der Waals surface area (Å²) in [6, 6.07) is 4.71. The van der Waals surface area contributed by atoms with Gasteiger partial charge >= 0.3 is 0 Å². The Morgan fingerprint density at radius 1 is 1.45 bits per heavy atom. The van der Waals surface area contributed by atoms with Crippen molar-refractivity contribution < 1.29 is 4.79 Å². The summed E-state index contributed by atoms with van der Waals surface area (Å²) in [5.74, 6) is 0.501. The number of hydrogen-bond donors (Lipinski definition) is 2. The highest BCUT2D eigenvalue weighted by molar-refractivity contribution is 5.92. The molecule has 1 saturated carbocycles. The Bertz CT molecular complexity index is 679. The predicted molar refractivity (Wildman–Crippen MR) is 70.0 cm³/mol. The number of amides is 1. The van der Waals surface area contributed by atoms with Crippen LogP contribution in [0, 0.1) is 0 Å². The van der Waals surface area contributed by atoms with E-state index in [9.17, 15) is 9.59 Å². The van der Waals surface area contributed by atoms with Gasteiger partial charge in [0.1, 0.15) is 11.5 Å². The van der Waals surface area contributed by atoms with Crippen molar-refractivity contribution in [1.82, 2.24) is 25.5 Å². The largest absolute Gasteiger partial charge is 0.345 e. The molecule has 7 heteroatoms. The smallest absolute Gasteiger partial charge is 0.270 e. The zero-order chi connectivity index (χ0) is 13.9. The van der Waals surface area contributed by atoms with E-state index in [1.807, 2.05) is 0 Å². The summed E-state index contributed by atoms with van der Waals surface area (Å²) < 4.78 is 0. The summed E-state index contributed by atoms with van der Waals surface area (Å²) in [7, 11) is 0. The molecule has 2 aromatic heterocycles. The fourth-order valence-electron chi connectivity index (χ4n) is 1.83. The summed E-state index contributed by atoms with van der Waals surface area (Å²) in [4.78, 5) is 30.4. The number of carbonyl (C=O) groups excluding carboxylic acids is 1. The highest BCUT2D eigenvalue weighted by atomic mass is 16.2. The number of H-pyrrole nitrogens is 1. The fraction of sp³-hybridized carbons (Fsp3) is 0.308. The molecule has 0 aromatic carbocycles. The molecule has 2 heterocycles. The number of aromatic amines is 1. The lowest BCUT2D eigenvalue weighted by Gasteiger charge is -2.05. The van der Waals surface area contributed by atoms with Crippen molar-refractivity contribution >= 4 is 5.91 Å². The van der Waals surface area contributed by atoms with E-state index >= 15 is 0 Å². The van der Waals surface area contributed by atoms with Crippen LogP contribution in [0.5, 0.6) is 0 Å². The third-order valence-electron chi connectivity index (χ3n) is 3.01. The van der Waals surface area contributed by atoms with Crippen molar-refractivity contribution in [3.63, 3.8) is 0 Å². The van der Waals surface area contributed by atoms with Gasteiger partial charge in [0.2, 0.25) is 0 Å². The van der Waals surface area contributed by atoms with Crippen LogP contribution in [-0.2, 0) is 6.54 Å². The van der Waals surface area contributed by atoms with Gasteiger partial charge in [-0.3, -0.25) is 9.59 Å². The molecule has 0 radical (unpaired) electrons. The maximum absolute atomic E-state index is 12.0. The monoisotopic (exact) mass is 271 g/mol. The van der Waals surface area contributed by atoms with E-state index in [4.69, 9.17) is 0 Å². The number of rotatable bonds is 4. The minimum atomic E-state index is -0.386. The number of aromatic nitrogens is 4. The van der Waals surface area contributed by atoms with Crippen LogP contribution in [0.2, 0.25) is 0 Å². The topological polar surface area (TPSA) is 101 Å². The fourth-order valence-corrected chi connectivity index (χ4v) is 1.83. The minimum absolute atomic E-state index is 0.138. The lowest BCUT2D eigenvalue weighted by Crippen LogP contribution is -2.27. The molecule has 0 spiro atoms. The van der Waals surface area contributed by atoms with E-state index in [2.05, 4.69) is 25.5 Å². The van der Waals surface area contributed by atoms with Gasteiger partial charge in [0.05, 0.1) is 12.2 Å². The Hall–Kier alpha value is -2.57. The predicted octanol–water partition coefficient (Wildman–Crippen LogP) is 0.367. The van der Waals surface area contributed by atoms with E-state index in [-0.39, 0.29) is 29.6 Å². The Morgan fingerprint density at radius 2 is 2.30 bits per heavy atom. The second-order valence-corrected chi connectivity index (χ2v) is 4.69. The van der Waals surface area contributed by atoms with E-state index in [1.165, 1.54) is 6.07 Å². The molecular weight excluding hydrogens is 258 g/mol. The number of hydrogen-bond acceptors (Lipinski definition) is 5. The zero-order valence-corrected chi connectivity index (χ0v) is 10.7. The first-order valence-electron chi connectivity index (χ1n) is 6.38. The summed E-state index contributed by atoms with van der Waals surface area (Å²) in [5.41, 5.74) is 0.485. The molecule has 2 N–H and O–H groups in total. The van der Waals surface area contributed by atoms with Gasteiger partial charge in [0, 0.05) is 18.2 Å². The van der Waals surface area contributed by atoms with Crippen molar-refractivity contribution in [3.05, 3.63) is 52.0 Å². The van der Waals surface area contributed by atoms with Gasteiger partial charge in [-0.2, -0.15) is 10.2 Å². The van der Waals surface area contributed by atoms with Crippen molar-refractivity contribution in [2.75, 3.05) is 0 Å². The lowest BCUT2D eigenvalue weighted by atomic mass is 10.3. The van der Waals surface area contributed by atoms with Crippen LogP contribution < -0.4 is 10.9 Å². The van der Waals surface area contributed by atoms with Gasteiger partial charge in [-0.05, 0) is 25.0 Å². The Morgan fingerprint density at radius 3 is 3.00 bits per heavy atom. The molecule has 1 aliphatic rings. The van der Waals surface area contributed by atoms with Gasteiger partial charge in [0.25, 0.3) is 11.5 Å². The Kier molecular flexibility index (Phi) is 3.24. The molecule has 0 bridgehead atoms. The van der Waals surface area contributed by atoms with Crippen molar-refractivity contribution in [3.8, 4) is 0 Å². The molecule has 1 aliphatic carbocycles. The second kappa shape index (κ2) is 5.20. The first-order chi connectivity index (χ1) is 9.72. The van der Waals surface area contributed by atoms with E-state index in [1.54, 1.807) is 18.3 Å².